The first kappa shape index (κ1) is 14.2. The normalized spacial score (nSPS) is 11.6. The lowest BCUT2D eigenvalue weighted by Gasteiger charge is -2.12. The lowest BCUT2D eigenvalue weighted by atomic mass is 10.1. The van der Waals surface area contributed by atoms with E-state index >= 15 is 0 Å². The molecule has 0 fully saturated rings. The fourth-order valence-corrected chi connectivity index (χ4v) is 1.46. The predicted molar refractivity (Wildman–Crippen MR) is 69.3 cm³/mol. The molecule has 0 heterocycles. The van der Waals surface area contributed by atoms with Gasteiger partial charge in [-0.15, -0.1) is 0 Å². The van der Waals surface area contributed by atoms with Crippen LogP contribution in [0.3, 0.4) is 0 Å². The third-order valence-electron chi connectivity index (χ3n) is 2.46. The highest BCUT2D eigenvalue weighted by Crippen LogP contribution is 2.13. The van der Waals surface area contributed by atoms with Crippen molar-refractivity contribution in [1.29, 1.82) is 0 Å². The van der Waals surface area contributed by atoms with Crippen molar-refractivity contribution >= 4 is 11.6 Å². The summed E-state index contributed by atoms with van der Waals surface area (Å²) in [6, 6.07) is 6.49. The van der Waals surface area contributed by atoms with Gasteiger partial charge in [-0.25, -0.2) is 4.85 Å². The molecule has 1 atom stereocenters. The van der Waals surface area contributed by atoms with E-state index in [1.165, 1.54) is 0 Å². The lowest BCUT2D eigenvalue weighted by Crippen LogP contribution is -2.43. The van der Waals surface area contributed by atoms with E-state index in [1.54, 1.807) is 19.2 Å². The third kappa shape index (κ3) is 4.53. The fourth-order valence-electron chi connectivity index (χ4n) is 1.46. The van der Waals surface area contributed by atoms with Crippen LogP contribution in [0.2, 0.25) is 0 Å². The van der Waals surface area contributed by atoms with E-state index in [2.05, 4.69) is 10.2 Å². The molecule has 5 heteroatoms. The summed E-state index contributed by atoms with van der Waals surface area (Å²) in [5.41, 5.74) is 7.31. The van der Waals surface area contributed by atoms with Gasteiger partial charge in [-0.1, -0.05) is 24.3 Å². The van der Waals surface area contributed by atoms with Crippen molar-refractivity contribution in [3.8, 4) is 0 Å². The van der Waals surface area contributed by atoms with Crippen LogP contribution in [-0.4, -0.2) is 32.2 Å². The number of nitrogens with one attached hydrogen (secondary N) is 1. The number of carbonyl (C=O) groups is 1. The summed E-state index contributed by atoms with van der Waals surface area (Å²) in [6.45, 7) is 7.77. The molecule has 0 aromatic heterocycles. The lowest BCUT2D eigenvalue weighted by molar-refractivity contribution is -0.122. The van der Waals surface area contributed by atoms with Crippen molar-refractivity contribution in [2.45, 2.75) is 12.5 Å². The average Bonchev–Trinajstić information content (AvgIpc) is 2.39. The van der Waals surface area contributed by atoms with Crippen LogP contribution < -0.4 is 11.1 Å². The molecular weight excluding hydrogens is 230 g/mol. The van der Waals surface area contributed by atoms with Crippen LogP contribution in [-0.2, 0) is 16.0 Å². The predicted octanol–water partition coefficient (Wildman–Crippen LogP) is 0.870. The number of ether oxygens (including phenoxy) is 1. The van der Waals surface area contributed by atoms with E-state index < -0.39 is 6.04 Å². The second-order valence-corrected chi connectivity index (χ2v) is 3.87. The highest BCUT2D eigenvalue weighted by molar-refractivity contribution is 5.81. The molecule has 0 spiro atoms. The Morgan fingerprint density at radius 1 is 1.50 bits per heavy atom. The average molecular weight is 247 g/mol. The molecule has 5 nitrogen and oxygen atoms in total. The smallest absolute Gasteiger partial charge is 0.237 e. The molecule has 0 unspecified atom stereocenters. The summed E-state index contributed by atoms with van der Waals surface area (Å²) in [5, 5.41) is 2.69. The summed E-state index contributed by atoms with van der Waals surface area (Å²) < 4.78 is 4.83. The zero-order chi connectivity index (χ0) is 13.4. The second kappa shape index (κ2) is 7.43. The van der Waals surface area contributed by atoms with Gasteiger partial charge >= 0.3 is 0 Å². The van der Waals surface area contributed by atoms with E-state index in [1.807, 2.05) is 12.1 Å². The molecule has 0 aliphatic heterocycles. The van der Waals surface area contributed by atoms with Crippen molar-refractivity contribution in [2.75, 3.05) is 20.3 Å². The quantitative estimate of drug-likeness (QED) is 0.579. The number of nitrogens with two attached hydrogens (primary N) is 1. The molecule has 0 aliphatic rings. The third-order valence-corrected chi connectivity index (χ3v) is 2.46. The summed E-state index contributed by atoms with van der Waals surface area (Å²) in [6.07, 6.45) is 0.455. The highest BCUT2D eigenvalue weighted by atomic mass is 16.5. The maximum atomic E-state index is 11.6. The molecular formula is C13H17N3O2. The van der Waals surface area contributed by atoms with Crippen LogP contribution in [0.5, 0.6) is 0 Å². The van der Waals surface area contributed by atoms with Crippen LogP contribution in [0.4, 0.5) is 5.69 Å². The van der Waals surface area contributed by atoms with Crippen molar-refractivity contribution in [3.05, 3.63) is 41.2 Å². The summed E-state index contributed by atoms with van der Waals surface area (Å²) in [5.74, 6) is -0.193. The largest absolute Gasteiger partial charge is 0.383 e. The minimum atomic E-state index is -0.583. The van der Waals surface area contributed by atoms with Crippen LogP contribution >= 0.6 is 0 Å². The molecule has 0 saturated heterocycles. The fraction of sp³-hybridized carbons (Fsp3) is 0.385. The molecule has 0 radical (unpaired) electrons. The number of nitrogens with zero attached hydrogens (tertiary/aromatic N) is 1. The minimum Gasteiger partial charge on any atom is -0.383 e. The molecule has 3 N–H and O–H groups in total. The van der Waals surface area contributed by atoms with Gasteiger partial charge in [-0.2, -0.15) is 0 Å². The SMILES string of the molecule is [C-]#[N+]c1ccc(C[C@H](N)C(=O)NCCOC)cc1. The molecule has 1 rings (SSSR count). The van der Waals surface area contributed by atoms with Crippen molar-refractivity contribution in [3.63, 3.8) is 0 Å². The van der Waals surface area contributed by atoms with E-state index in [9.17, 15) is 4.79 Å². The van der Waals surface area contributed by atoms with Gasteiger partial charge in [0.05, 0.1) is 19.2 Å². The number of hydrogen-bond acceptors (Lipinski definition) is 3. The van der Waals surface area contributed by atoms with Gasteiger partial charge in [0, 0.05) is 13.7 Å². The van der Waals surface area contributed by atoms with Gasteiger partial charge < -0.3 is 15.8 Å². The molecule has 0 aliphatic carbocycles. The topological polar surface area (TPSA) is 68.7 Å². The molecule has 1 amide bonds. The zero-order valence-electron chi connectivity index (χ0n) is 10.3. The zero-order valence-corrected chi connectivity index (χ0v) is 10.3. The molecule has 1 aromatic carbocycles. The Morgan fingerprint density at radius 2 is 2.17 bits per heavy atom. The first-order valence-electron chi connectivity index (χ1n) is 5.66. The number of rotatable bonds is 6. The molecule has 1 aromatic rings. The Bertz CT molecular complexity index is 423. The Labute approximate surface area is 107 Å². The van der Waals surface area contributed by atoms with Crippen LogP contribution in [0, 0.1) is 6.57 Å². The molecule has 96 valence electrons. The van der Waals surface area contributed by atoms with Crippen molar-refractivity contribution in [1.82, 2.24) is 5.32 Å². The van der Waals surface area contributed by atoms with Crippen molar-refractivity contribution < 1.29 is 9.53 Å². The number of methoxy groups -OCH3 is 1. The van der Waals surface area contributed by atoms with Crippen LogP contribution in [0.25, 0.3) is 4.85 Å². The Morgan fingerprint density at radius 3 is 2.72 bits per heavy atom. The van der Waals surface area contributed by atoms with Gasteiger partial charge in [0.1, 0.15) is 0 Å². The monoisotopic (exact) mass is 247 g/mol. The van der Waals surface area contributed by atoms with E-state index in [4.69, 9.17) is 17.0 Å². The van der Waals surface area contributed by atoms with Gasteiger partial charge in [-0.05, 0) is 12.0 Å². The maximum absolute atomic E-state index is 11.6. The van der Waals surface area contributed by atoms with Gasteiger partial charge in [0.2, 0.25) is 5.91 Å². The number of hydrogen-bond donors (Lipinski definition) is 2. The first-order valence-corrected chi connectivity index (χ1v) is 5.66. The molecule has 0 saturated carbocycles. The molecule has 18 heavy (non-hydrogen) atoms. The summed E-state index contributed by atoms with van der Waals surface area (Å²) in [4.78, 5) is 14.9. The van der Waals surface area contributed by atoms with Gasteiger partial charge in [0.25, 0.3) is 0 Å². The van der Waals surface area contributed by atoms with E-state index in [0.29, 0.717) is 25.3 Å². The number of amides is 1. The van der Waals surface area contributed by atoms with E-state index in [-0.39, 0.29) is 5.91 Å². The summed E-state index contributed by atoms with van der Waals surface area (Å²) in [7, 11) is 1.57. The van der Waals surface area contributed by atoms with Crippen LogP contribution in [0.1, 0.15) is 5.56 Å². The Balaban J connectivity index is 2.45. The standard InChI is InChI=1S/C13H17N3O2/c1-15-11-5-3-10(4-6-11)9-12(14)13(17)16-7-8-18-2/h3-6,12H,7-9,14H2,2H3,(H,16,17)/t12-/m0/s1. The Hall–Kier alpha value is -1.90. The molecule has 0 bridgehead atoms. The number of benzene rings is 1. The van der Waals surface area contributed by atoms with E-state index in [0.717, 1.165) is 5.56 Å². The Kier molecular flexibility index (Phi) is 5.85. The minimum absolute atomic E-state index is 0.193. The number of carbonyl (C=O) groups excluding carboxylic acids is 1. The summed E-state index contributed by atoms with van der Waals surface area (Å²) >= 11 is 0. The second-order valence-electron chi connectivity index (χ2n) is 3.87. The highest BCUT2D eigenvalue weighted by Gasteiger charge is 2.13. The first-order chi connectivity index (χ1) is 8.67. The van der Waals surface area contributed by atoms with Crippen LogP contribution in [0.15, 0.2) is 24.3 Å². The maximum Gasteiger partial charge on any atom is 0.237 e. The van der Waals surface area contributed by atoms with Gasteiger partial charge in [-0.3, -0.25) is 4.79 Å². The van der Waals surface area contributed by atoms with Gasteiger partial charge in [0.15, 0.2) is 5.69 Å². The van der Waals surface area contributed by atoms with Crippen molar-refractivity contribution in [2.24, 2.45) is 5.73 Å².